The van der Waals surface area contributed by atoms with Gasteiger partial charge in [0.2, 0.25) is 0 Å². The second kappa shape index (κ2) is 5.76. The van der Waals surface area contributed by atoms with Gasteiger partial charge in [-0.2, -0.15) is 0 Å². The van der Waals surface area contributed by atoms with Crippen molar-refractivity contribution in [3.05, 3.63) is 23.6 Å². The van der Waals surface area contributed by atoms with Crippen molar-refractivity contribution in [3.8, 4) is 0 Å². The maximum atomic E-state index is 12.9. The second-order valence-electron chi connectivity index (χ2n) is 3.83. The van der Waals surface area contributed by atoms with Crippen LogP contribution in [0.3, 0.4) is 0 Å². The molecule has 1 aromatic heterocycles. The molecule has 1 rings (SSSR count). The summed E-state index contributed by atoms with van der Waals surface area (Å²) < 4.78 is 34.6. The van der Waals surface area contributed by atoms with Crippen LogP contribution in [-0.4, -0.2) is 37.9 Å². The molecule has 0 aliphatic heterocycles. The molecule has 0 saturated heterocycles. The van der Waals surface area contributed by atoms with Crippen LogP contribution in [0.1, 0.15) is 16.8 Å². The maximum Gasteiger partial charge on any atom is 0.255 e. The van der Waals surface area contributed by atoms with Crippen LogP contribution < -0.4 is 11.1 Å². The molecule has 1 amide bonds. The average molecular weight is 275 g/mol. The van der Waals surface area contributed by atoms with E-state index in [0.717, 1.165) is 18.5 Å². The number of carbonyl (C=O) groups excluding carboxylic acids is 1. The normalized spacial score (nSPS) is 11.2. The van der Waals surface area contributed by atoms with Gasteiger partial charge in [-0.15, -0.1) is 0 Å². The Morgan fingerprint density at radius 1 is 1.56 bits per heavy atom. The highest BCUT2D eigenvalue weighted by Gasteiger charge is 2.11. The van der Waals surface area contributed by atoms with E-state index in [1.54, 1.807) is 0 Å². The third-order valence-corrected chi connectivity index (χ3v) is 3.14. The molecule has 6 nitrogen and oxygen atoms in total. The Labute approximate surface area is 104 Å². The Balaban J connectivity index is 2.53. The van der Waals surface area contributed by atoms with Crippen LogP contribution in [0, 0.1) is 5.82 Å². The molecule has 18 heavy (non-hydrogen) atoms. The van der Waals surface area contributed by atoms with Gasteiger partial charge in [0.1, 0.15) is 21.5 Å². The lowest BCUT2D eigenvalue weighted by Crippen LogP contribution is -2.27. The van der Waals surface area contributed by atoms with Gasteiger partial charge in [-0.3, -0.25) is 4.79 Å². The van der Waals surface area contributed by atoms with Crippen LogP contribution in [0.5, 0.6) is 0 Å². The number of hydrogen-bond donors (Lipinski definition) is 2. The van der Waals surface area contributed by atoms with Crippen LogP contribution in [0.15, 0.2) is 12.3 Å². The fourth-order valence-electron chi connectivity index (χ4n) is 1.26. The van der Waals surface area contributed by atoms with Gasteiger partial charge in [0.15, 0.2) is 0 Å². The fourth-order valence-corrected chi connectivity index (χ4v) is 1.93. The molecule has 0 aromatic carbocycles. The topological polar surface area (TPSA) is 102 Å². The summed E-state index contributed by atoms with van der Waals surface area (Å²) in [6.45, 7) is 0.169. The molecular weight excluding hydrogens is 261 g/mol. The molecule has 1 aromatic rings. The van der Waals surface area contributed by atoms with Crippen molar-refractivity contribution in [1.29, 1.82) is 0 Å². The number of nitrogens with zero attached hydrogens (tertiary/aromatic N) is 1. The summed E-state index contributed by atoms with van der Waals surface area (Å²) in [5.41, 5.74) is 5.37. The molecule has 8 heteroatoms. The lowest BCUT2D eigenvalue weighted by molar-refractivity contribution is 0.0954. The van der Waals surface area contributed by atoms with Crippen molar-refractivity contribution < 1.29 is 17.6 Å². The van der Waals surface area contributed by atoms with Gasteiger partial charge in [0.05, 0.1) is 17.5 Å². The molecule has 0 aliphatic carbocycles. The number of anilines is 1. The van der Waals surface area contributed by atoms with E-state index in [0.29, 0.717) is 0 Å². The highest BCUT2D eigenvalue weighted by Crippen LogP contribution is 2.09. The number of nitrogens with two attached hydrogens (primary N) is 1. The predicted molar refractivity (Wildman–Crippen MR) is 65.3 cm³/mol. The Morgan fingerprint density at radius 2 is 2.22 bits per heavy atom. The monoisotopic (exact) mass is 275 g/mol. The lowest BCUT2D eigenvalue weighted by Gasteiger charge is -2.06. The fraction of sp³-hybridized carbons (Fsp3) is 0.400. The first kappa shape index (κ1) is 14.4. The summed E-state index contributed by atoms with van der Waals surface area (Å²) in [6.07, 6.45) is 2.31. The largest absolute Gasteiger partial charge is 0.383 e. The molecule has 1 heterocycles. The molecule has 0 aliphatic rings. The second-order valence-corrected chi connectivity index (χ2v) is 6.09. The van der Waals surface area contributed by atoms with E-state index >= 15 is 0 Å². The molecule has 100 valence electrons. The molecule has 0 bridgehead atoms. The molecule has 0 spiro atoms. The number of amides is 1. The van der Waals surface area contributed by atoms with Crippen molar-refractivity contribution in [2.24, 2.45) is 0 Å². The number of nitrogens with one attached hydrogen (secondary N) is 1. The number of rotatable bonds is 5. The third-order valence-electron chi connectivity index (χ3n) is 2.11. The van der Waals surface area contributed by atoms with Crippen molar-refractivity contribution in [1.82, 2.24) is 10.3 Å². The zero-order chi connectivity index (χ0) is 13.8. The zero-order valence-electron chi connectivity index (χ0n) is 9.81. The van der Waals surface area contributed by atoms with Gasteiger partial charge < -0.3 is 11.1 Å². The van der Waals surface area contributed by atoms with Crippen LogP contribution in [0.4, 0.5) is 10.2 Å². The lowest BCUT2D eigenvalue weighted by atomic mass is 10.2. The SMILES string of the molecule is CS(=O)(=O)CCCNC(=O)c1cc(F)cnc1N. The smallest absolute Gasteiger partial charge is 0.255 e. The van der Waals surface area contributed by atoms with Crippen LogP contribution in [-0.2, 0) is 9.84 Å². The van der Waals surface area contributed by atoms with Gasteiger partial charge in [0, 0.05) is 12.8 Å². The molecule has 0 fully saturated rings. The van der Waals surface area contributed by atoms with E-state index in [2.05, 4.69) is 10.3 Å². The Morgan fingerprint density at radius 3 is 2.83 bits per heavy atom. The highest BCUT2D eigenvalue weighted by atomic mass is 32.2. The zero-order valence-corrected chi connectivity index (χ0v) is 10.6. The number of pyridine rings is 1. The first-order valence-electron chi connectivity index (χ1n) is 5.16. The predicted octanol–water partition coefficient (Wildman–Crippen LogP) is -0.0326. The van der Waals surface area contributed by atoms with Crippen LogP contribution in [0.25, 0.3) is 0 Å². The minimum atomic E-state index is -3.05. The van der Waals surface area contributed by atoms with E-state index < -0.39 is 21.6 Å². The third kappa shape index (κ3) is 4.66. The number of nitrogen functional groups attached to an aromatic ring is 1. The minimum Gasteiger partial charge on any atom is -0.383 e. The first-order valence-corrected chi connectivity index (χ1v) is 7.22. The van der Waals surface area contributed by atoms with E-state index in [1.807, 2.05) is 0 Å². The molecular formula is C10H14FN3O3S. The summed E-state index contributed by atoms with van der Waals surface area (Å²) in [4.78, 5) is 15.1. The van der Waals surface area contributed by atoms with Gasteiger partial charge in [-0.1, -0.05) is 0 Å². The minimum absolute atomic E-state index is 0.0236. The van der Waals surface area contributed by atoms with E-state index in [4.69, 9.17) is 5.73 Å². The Kier molecular flexibility index (Phi) is 4.60. The summed E-state index contributed by atoms with van der Waals surface area (Å²) in [5.74, 6) is -1.33. The Hall–Kier alpha value is -1.70. The number of hydrogen-bond acceptors (Lipinski definition) is 5. The van der Waals surface area contributed by atoms with Crippen molar-refractivity contribution in [3.63, 3.8) is 0 Å². The van der Waals surface area contributed by atoms with Gasteiger partial charge >= 0.3 is 0 Å². The summed E-state index contributed by atoms with van der Waals surface area (Å²) in [5, 5.41) is 2.45. The van der Waals surface area contributed by atoms with Crippen LogP contribution >= 0.6 is 0 Å². The van der Waals surface area contributed by atoms with E-state index in [1.165, 1.54) is 0 Å². The van der Waals surface area contributed by atoms with Gasteiger partial charge in [0.25, 0.3) is 5.91 Å². The maximum absolute atomic E-state index is 12.9. The van der Waals surface area contributed by atoms with E-state index in [9.17, 15) is 17.6 Å². The molecule has 0 radical (unpaired) electrons. The number of sulfone groups is 1. The molecule has 0 atom stereocenters. The van der Waals surface area contributed by atoms with Crippen LogP contribution in [0.2, 0.25) is 0 Å². The van der Waals surface area contributed by atoms with Gasteiger partial charge in [-0.05, 0) is 12.5 Å². The molecule has 0 unspecified atom stereocenters. The van der Waals surface area contributed by atoms with Crippen molar-refractivity contribution in [2.75, 3.05) is 24.3 Å². The number of carbonyl (C=O) groups is 1. The van der Waals surface area contributed by atoms with Crippen molar-refractivity contribution >= 4 is 21.6 Å². The van der Waals surface area contributed by atoms with Gasteiger partial charge in [-0.25, -0.2) is 17.8 Å². The summed E-state index contributed by atoms with van der Waals surface area (Å²) in [7, 11) is -3.05. The molecule has 3 N–H and O–H groups in total. The summed E-state index contributed by atoms with van der Waals surface area (Å²) in [6, 6.07) is 0.980. The summed E-state index contributed by atoms with van der Waals surface area (Å²) >= 11 is 0. The van der Waals surface area contributed by atoms with E-state index in [-0.39, 0.29) is 30.1 Å². The number of halogens is 1. The Bertz CT molecular complexity index is 545. The first-order chi connectivity index (χ1) is 8.29. The highest BCUT2D eigenvalue weighted by molar-refractivity contribution is 7.90. The molecule has 0 saturated carbocycles. The quantitative estimate of drug-likeness (QED) is 0.734. The number of aromatic nitrogens is 1. The standard InChI is InChI=1S/C10H14FN3O3S/c1-18(16,17)4-2-3-13-10(15)8-5-7(11)6-14-9(8)12/h5-6H,2-4H2,1H3,(H2,12,14)(H,13,15). The van der Waals surface area contributed by atoms with Crippen molar-refractivity contribution in [2.45, 2.75) is 6.42 Å². The average Bonchev–Trinajstić information content (AvgIpc) is 2.26.